The lowest BCUT2D eigenvalue weighted by Gasteiger charge is -2.47. The number of aliphatic imine (C=N–C) groups is 1. The molecule has 13 heteroatoms. The average Bonchev–Trinajstić information content (AvgIpc) is 3.80. The zero-order valence-electron chi connectivity index (χ0n) is 28.5. The molecule has 4 aliphatic rings. The summed E-state index contributed by atoms with van der Waals surface area (Å²) in [6, 6.07) is 21.8. The monoisotopic (exact) mass is 694 g/mol. The molecule has 0 bridgehead atoms. The number of piperazine rings is 1. The number of carbonyl (C=O) groups excluding carboxylic acids is 3. The Labute approximate surface area is 296 Å². The van der Waals surface area contributed by atoms with Crippen molar-refractivity contribution in [3.63, 3.8) is 0 Å². The molecule has 1 saturated carbocycles. The molecule has 7 rings (SSSR count). The number of nitrogens with two attached hydrogens (primary N) is 1. The van der Waals surface area contributed by atoms with Gasteiger partial charge in [-0.25, -0.2) is 9.79 Å². The van der Waals surface area contributed by atoms with Gasteiger partial charge in [-0.15, -0.1) is 0 Å². The van der Waals surface area contributed by atoms with E-state index in [9.17, 15) is 14.4 Å². The maximum Gasteiger partial charge on any atom is 0.332 e. The Morgan fingerprint density at radius 1 is 1.08 bits per heavy atom. The number of carbonyl (C=O) groups is 3. The van der Waals surface area contributed by atoms with Gasteiger partial charge in [-0.3, -0.25) is 14.6 Å². The van der Waals surface area contributed by atoms with Crippen LogP contribution in [0.1, 0.15) is 43.4 Å². The summed E-state index contributed by atoms with van der Waals surface area (Å²) in [6.45, 7) is 4.63. The summed E-state index contributed by atoms with van der Waals surface area (Å²) >= 11 is 1.35. The van der Waals surface area contributed by atoms with Crippen LogP contribution < -0.4 is 21.1 Å². The van der Waals surface area contributed by atoms with Gasteiger partial charge in [-0.2, -0.15) is 5.01 Å². The number of nitrogens with zero attached hydrogens (tertiary/aromatic N) is 5. The number of hydrogen-bond donors (Lipinski definition) is 3. The maximum atomic E-state index is 14.5. The van der Waals surface area contributed by atoms with Gasteiger partial charge in [0.2, 0.25) is 11.8 Å². The van der Waals surface area contributed by atoms with Crippen LogP contribution in [0.5, 0.6) is 5.75 Å². The van der Waals surface area contributed by atoms with Crippen LogP contribution in [0.3, 0.4) is 0 Å². The van der Waals surface area contributed by atoms with Crippen LogP contribution in [0.2, 0.25) is 0 Å². The molecule has 260 valence electrons. The van der Waals surface area contributed by atoms with Gasteiger partial charge in [-0.1, -0.05) is 66.4 Å². The van der Waals surface area contributed by atoms with Gasteiger partial charge in [0.05, 0.1) is 24.5 Å². The quantitative estimate of drug-likeness (QED) is 0.216. The fourth-order valence-corrected chi connectivity index (χ4v) is 6.99. The largest absolute Gasteiger partial charge is 0.439 e. The highest BCUT2D eigenvalue weighted by atomic mass is 32.2. The van der Waals surface area contributed by atoms with Crippen molar-refractivity contribution >= 4 is 46.1 Å². The van der Waals surface area contributed by atoms with Gasteiger partial charge in [0.15, 0.2) is 16.8 Å². The highest BCUT2D eigenvalue weighted by Crippen LogP contribution is 2.41. The number of rotatable bonds is 9. The van der Waals surface area contributed by atoms with Crippen LogP contribution in [-0.2, 0) is 29.1 Å². The molecule has 50 heavy (non-hydrogen) atoms. The second-order valence-corrected chi connectivity index (χ2v) is 14.0. The number of amidine groups is 1. The van der Waals surface area contributed by atoms with E-state index in [1.807, 2.05) is 97.9 Å². The molecule has 3 aromatic carbocycles. The second kappa shape index (κ2) is 14.1. The number of allylic oxidation sites excluding steroid dienone is 1. The van der Waals surface area contributed by atoms with Crippen molar-refractivity contribution in [2.24, 2.45) is 10.7 Å². The molecule has 1 aliphatic carbocycles. The summed E-state index contributed by atoms with van der Waals surface area (Å²) in [5, 5.41) is 10.2. The fraction of sp³-hybridized carbons (Fsp3) is 0.351. The van der Waals surface area contributed by atoms with Gasteiger partial charge in [0, 0.05) is 25.6 Å². The van der Waals surface area contributed by atoms with E-state index in [0.29, 0.717) is 23.1 Å². The first-order chi connectivity index (χ1) is 24.2. The number of thioether (sulfide) groups is 1. The topological polar surface area (TPSA) is 136 Å². The minimum absolute atomic E-state index is 0.0293. The Kier molecular flexibility index (Phi) is 9.43. The molecular formula is C37H42N8O4S. The van der Waals surface area contributed by atoms with E-state index in [4.69, 9.17) is 10.5 Å². The number of ether oxygens (including phenoxy) is 1. The molecule has 0 aromatic heterocycles. The Hall–Kier alpha value is -5.01. The lowest BCUT2D eigenvalue weighted by molar-refractivity contribution is -0.158. The molecule has 12 nitrogen and oxygen atoms in total. The van der Waals surface area contributed by atoms with Crippen LogP contribution in [0.4, 0.5) is 16.2 Å². The Balaban J connectivity index is 1.20. The lowest BCUT2D eigenvalue weighted by Crippen LogP contribution is -2.66. The molecular weight excluding hydrogens is 653 g/mol. The van der Waals surface area contributed by atoms with Crippen molar-refractivity contribution in [2.75, 3.05) is 24.7 Å². The van der Waals surface area contributed by atoms with E-state index in [2.05, 4.69) is 15.6 Å². The number of hydrogen-bond acceptors (Lipinski definition) is 8. The van der Waals surface area contributed by atoms with Gasteiger partial charge in [-0.05, 0) is 73.4 Å². The summed E-state index contributed by atoms with van der Waals surface area (Å²) in [7, 11) is 0. The van der Waals surface area contributed by atoms with Crippen molar-refractivity contribution in [1.82, 2.24) is 25.1 Å². The summed E-state index contributed by atoms with van der Waals surface area (Å²) in [6.07, 6.45) is 3.64. The highest BCUT2D eigenvalue weighted by Gasteiger charge is 2.52. The van der Waals surface area contributed by atoms with Gasteiger partial charge >= 0.3 is 6.03 Å². The first kappa shape index (κ1) is 33.5. The fourth-order valence-electron chi connectivity index (χ4n) is 6.80. The van der Waals surface area contributed by atoms with Crippen LogP contribution in [0.15, 0.2) is 89.2 Å². The molecule has 3 fully saturated rings. The third kappa shape index (κ3) is 6.88. The number of hydrazine groups is 1. The van der Waals surface area contributed by atoms with Crippen LogP contribution in [-0.4, -0.2) is 80.4 Å². The highest BCUT2D eigenvalue weighted by molar-refractivity contribution is 8.13. The average molecular weight is 695 g/mol. The molecule has 2 atom stereocenters. The van der Waals surface area contributed by atoms with Gasteiger partial charge in [0.25, 0.3) is 0 Å². The van der Waals surface area contributed by atoms with E-state index in [0.717, 1.165) is 41.1 Å². The number of fused-ring (bicyclic) bond motifs is 2. The number of urea groups is 1. The van der Waals surface area contributed by atoms with Gasteiger partial charge < -0.3 is 30.9 Å². The van der Waals surface area contributed by atoms with Crippen LogP contribution in [0.25, 0.3) is 0 Å². The number of benzene rings is 3. The van der Waals surface area contributed by atoms with Crippen LogP contribution >= 0.6 is 11.8 Å². The molecule has 0 radical (unpaired) electrons. The SMILES string of the molecule is CS/C(N)=N\c1ccccc1CN1C[C@H]2N(C(=O)CN2N(C(=O)NCc2ccccc2)C(C)C)[C@@H](Cc2ccc3c(c2)OC(=C2CC2)N3)C1=O. The molecule has 3 aromatic rings. The molecule has 4 amide bonds. The summed E-state index contributed by atoms with van der Waals surface area (Å²) < 4.78 is 6.11. The van der Waals surface area contributed by atoms with E-state index in [1.54, 1.807) is 14.8 Å². The predicted molar refractivity (Wildman–Crippen MR) is 194 cm³/mol. The second-order valence-electron chi connectivity index (χ2n) is 13.2. The van der Waals surface area contributed by atoms with E-state index in [-0.39, 0.29) is 49.9 Å². The Bertz CT molecular complexity index is 1860. The first-order valence-corrected chi connectivity index (χ1v) is 18.2. The van der Waals surface area contributed by atoms with E-state index < -0.39 is 12.2 Å². The molecule has 2 saturated heterocycles. The smallest absolute Gasteiger partial charge is 0.332 e. The minimum atomic E-state index is -0.798. The molecule has 3 aliphatic heterocycles. The molecule has 0 spiro atoms. The zero-order chi connectivity index (χ0) is 34.9. The van der Waals surface area contributed by atoms with E-state index in [1.165, 1.54) is 17.3 Å². The van der Waals surface area contributed by atoms with Crippen molar-refractivity contribution in [3.05, 3.63) is 101 Å². The molecule has 0 unspecified atom stereocenters. The zero-order valence-corrected chi connectivity index (χ0v) is 29.3. The summed E-state index contributed by atoms with van der Waals surface area (Å²) in [5.74, 6) is 1.14. The minimum Gasteiger partial charge on any atom is -0.439 e. The van der Waals surface area contributed by atoms with Crippen molar-refractivity contribution < 1.29 is 19.1 Å². The van der Waals surface area contributed by atoms with E-state index >= 15 is 0 Å². The summed E-state index contributed by atoms with van der Waals surface area (Å²) in [5.41, 5.74) is 11.6. The third-order valence-electron chi connectivity index (χ3n) is 9.38. The third-order valence-corrected chi connectivity index (χ3v) is 9.89. The van der Waals surface area contributed by atoms with Gasteiger partial charge in [0.1, 0.15) is 12.2 Å². The van der Waals surface area contributed by atoms with Crippen molar-refractivity contribution in [1.29, 1.82) is 0 Å². The number of para-hydroxylation sites is 1. The maximum absolute atomic E-state index is 14.5. The predicted octanol–water partition coefficient (Wildman–Crippen LogP) is 4.76. The van der Waals surface area contributed by atoms with Crippen LogP contribution in [0, 0.1) is 0 Å². The van der Waals surface area contributed by atoms with Crippen molar-refractivity contribution in [3.8, 4) is 5.75 Å². The lowest BCUT2D eigenvalue weighted by atomic mass is 9.99. The normalized spacial score (nSPS) is 20.1. The standard InChI is InChI=1S/C37H42N8O4S/c1-23(2)45(37(48)39-19-24-9-5-4-6-10-24)43-22-33(46)44-30(17-25-13-16-29-31(18-25)49-34(40-29)26-14-15-26)35(47)42(21-32(43)44)20-27-11-7-8-12-28(27)41-36(38)50-3/h4-13,16,18,23,30,32,40H,14-15,17,19-22H2,1-3H3,(H2,38,41)(H,39,48)/t30-,32+/m0/s1. The number of nitrogens with one attached hydrogen (secondary N) is 2. The number of amides is 4. The first-order valence-electron chi connectivity index (χ1n) is 16.9. The Morgan fingerprint density at radius 2 is 1.84 bits per heavy atom. The number of anilines is 1. The van der Waals surface area contributed by atoms with Crippen molar-refractivity contribution in [2.45, 2.75) is 64.4 Å². The molecule has 4 N–H and O–H groups in total. The summed E-state index contributed by atoms with van der Waals surface area (Å²) in [4.78, 5) is 50.3. The Morgan fingerprint density at radius 3 is 2.58 bits per heavy atom. The molecule has 3 heterocycles.